The Hall–Kier alpha value is -2.95. The molecule has 8 nitrogen and oxygen atoms in total. The molecule has 0 unspecified atom stereocenters. The van der Waals surface area contributed by atoms with E-state index in [0.29, 0.717) is 17.4 Å². The van der Waals surface area contributed by atoms with Crippen molar-refractivity contribution in [2.75, 3.05) is 11.1 Å². The van der Waals surface area contributed by atoms with Crippen LogP contribution in [0.4, 0.5) is 14.6 Å². The minimum atomic E-state index is -2.88. The molecule has 1 fully saturated rings. The summed E-state index contributed by atoms with van der Waals surface area (Å²) in [7, 11) is 0. The molecular formula is C19H19F2N5O3S. The zero-order chi connectivity index (χ0) is 20.9. The number of nitrogens with zero attached hydrogens (tertiary/aromatic N) is 4. The molecule has 1 N–H and O–H groups in total. The van der Waals surface area contributed by atoms with Crippen molar-refractivity contribution < 1.29 is 22.7 Å². The maximum atomic E-state index is 12.3. The van der Waals surface area contributed by atoms with Crippen molar-refractivity contribution in [1.82, 2.24) is 20.0 Å². The first-order valence-electron chi connectivity index (χ1n) is 9.43. The molecule has 11 heteroatoms. The van der Waals surface area contributed by atoms with Crippen molar-refractivity contribution in [3.05, 3.63) is 36.5 Å². The summed E-state index contributed by atoms with van der Waals surface area (Å²) in [4.78, 5) is 12.3. The van der Waals surface area contributed by atoms with Gasteiger partial charge in [0.25, 0.3) is 5.22 Å². The van der Waals surface area contributed by atoms with Crippen LogP contribution in [-0.2, 0) is 4.79 Å². The van der Waals surface area contributed by atoms with Gasteiger partial charge in [0.15, 0.2) is 0 Å². The predicted octanol–water partition coefficient (Wildman–Crippen LogP) is 4.38. The number of carbonyl (C=O) groups excluding carboxylic acids is 1. The Morgan fingerprint density at radius 3 is 2.73 bits per heavy atom. The van der Waals surface area contributed by atoms with Gasteiger partial charge in [0.05, 0.1) is 18.0 Å². The van der Waals surface area contributed by atoms with E-state index in [1.165, 1.54) is 37.1 Å². The van der Waals surface area contributed by atoms with Crippen LogP contribution >= 0.6 is 11.8 Å². The molecule has 1 amide bonds. The van der Waals surface area contributed by atoms with E-state index in [-0.39, 0.29) is 28.5 Å². The zero-order valence-corrected chi connectivity index (χ0v) is 16.6. The molecule has 0 radical (unpaired) electrons. The van der Waals surface area contributed by atoms with Gasteiger partial charge in [-0.2, -0.15) is 13.9 Å². The van der Waals surface area contributed by atoms with Crippen molar-refractivity contribution >= 4 is 23.5 Å². The summed E-state index contributed by atoms with van der Waals surface area (Å²) in [5, 5.41) is 15.3. The maximum absolute atomic E-state index is 12.3. The van der Waals surface area contributed by atoms with E-state index in [2.05, 4.69) is 25.3 Å². The largest absolute Gasteiger partial charge is 0.435 e. The van der Waals surface area contributed by atoms with E-state index < -0.39 is 6.61 Å². The average molecular weight is 435 g/mol. The first-order chi connectivity index (χ1) is 14.6. The van der Waals surface area contributed by atoms with Crippen LogP contribution in [0.5, 0.6) is 5.75 Å². The zero-order valence-electron chi connectivity index (χ0n) is 15.8. The molecule has 1 saturated carbocycles. The van der Waals surface area contributed by atoms with Crippen LogP contribution in [0.2, 0.25) is 0 Å². The number of nitrogens with one attached hydrogen (secondary N) is 1. The van der Waals surface area contributed by atoms with Gasteiger partial charge in [0, 0.05) is 11.6 Å². The van der Waals surface area contributed by atoms with Crippen LogP contribution in [0, 0.1) is 0 Å². The predicted molar refractivity (Wildman–Crippen MR) is 105 cm³/mol. The van der Waals surface area contributed by atoms with Gasteiger partial charge >= 0.3 is 6.61 Å². The van der Waals surface area contributed by atoms with Crippen LogP contribution in [0.1, 0.15) is 31.7 Å². The fraction of sp³-hybridized carbons (Fsp3) is 0.368. The Labute approximate surface area is 175 Å². The number of hydrogen-bond acceptors (Lipinski definition) is 7. The summed E-state index contributed by atoms with van der Waals surface area (Å²) < 4.78 is 36.1. The molecular weight excluding hydrogens is 416 g/mol. The second-order valence-corrected chi connectivity index (χ2v) is 7.64. The Kier molecular flexibility index (Phi) is 6.26. The van der Waals surface area contributed by atoms with E-state index in [9.17, 15) is 13.6 Å². The van der Waals surface area contributed by atoms with Crippen LogP contribution in [0.15, 0.2) is 46.2 Å². The van der Waals surface area contributed by atoms with Crippen LogP contribution in [-0.4, -0.2) is 38.2 Å². The van der Waals surface area contributed by atoms with Gasteiger partial charge in [-0.25, -0.2) is 4.68 Å². The number of benzene rings is 1. The van der Waals surface area contributed by atoms with Crippen molar-refractivity contribution in [2.45, 2.75) is 43.6 Å². The molecule has 1 aliphatic rings. The Balaban J connectivity index is 1.31. The minimum absolute atomic E-state index is 0.0383. The summed E-state index contributed by atoms with van der Waals surface area (Å²) in [5.74, 6) is 0.841. The van der Waals surface area contributed by atoms with E-state index in [1.807, 2.05) is 4.68 Å². The highest BCUT2D eigenvalue weighted by atomic mass is 32.2. The van der Waals surface area contributed by atoms with E-state index >= 15 is 0 Å². The number of alkyl halides is 2. The number of hydrogen-bond donors (Lipinski definition) is 1. The number of anilines is 1. The molecule has 3 aromatic rings. The lowest BCUT2D eigenvalue weighted by Gasteiger charge is -2.14. The van der Waals surface area contributed by atoms with Crippen LogP contribution in [0.3, 0.4) is 0 Å². The lowest BCUT2D eigenvalue weighted by molar-refractivity contribution is -0.113. The number of carbonyl (C=O) groups is 1. The quantitative estimate of drug-likeness (QED) is 0.525. The molecule has 2 aromatic heterocycles. The molecule has 0 spiro atoms. The smallest absolute Gasteiger partial charge is 0.387 e. The van der Waals surface area contributed by atoms with Crippen LogP contribution in [0.25, 0.3) is 11.5 Å². The normalized spacial score (nSPS) is 14.4. The van der Waals surface area contributed by atoms with Crippen molar-refractivity contribution in [3.63, 3.8) is 0 Å². The topological polar surface area (TPSA) is 95.1 Å². The SMILES string of the molecule is O=C(CSc1nnc(-c2ccc(OC(F)F)cc2)o1)Nc1ccnn1C1CCCC1. The number of rotatable bonds is 8. The molecule has 30 heavy (non-hydrogen) atoms. The molecule has 2 heterocycles. The molecule has 4 rings (SSSR count). The molecule has 0 saturated heterocycles. The molecule has 0 atom stereocenters. The third-order valence-electron chi connectivity index (χ3n) is 4.67. The number of halogens is 2. The Morgan fingerprint density at radius 2 is 2.00 bits per heavy atom. The fourth-order valence-corrected chi connectivity index (χ4v) is 3.89. The fourth-order valence-electron chi connectivity index (χ4n) is 3.32. The number of amides is 1. The summed E-state index contributed by atoms with van der Waals surface area (Å²) >= 11 is 1.11. The third-order valence-corrected chi connectivity index (χ3v) is 5.49. The molecule has 158 valence electrons. The monoisotopic (exact) mass is 435 g/mol. The van der Waals surface area contributed by atoms with Gasteiger partial charge in [0.2, 0.25) is 11.8 Å². The molecule has 1 aliphatic carbocycles. The lowest BCUT2D eigenvalue weighted by atomic mass is 10.2. The average Bonchev–Trinajstić information content (AvgIpc) is 3.48. The van der Waals surface area contributed by atoms with E-state index in [0.717, 1.165) is 24.6 Å². The summed E-state index contributed by atoms with van der Waals surface area (Å²) in [6.45, 7) is -2.88. The molecule has 0 bridgehead atoms. The standard InChI is InChI=1S/C19H19F2N5O3S/c20-18(21)28-14-7-5-12(6-8-14)17-24-25-19(29-17)30-11-16(27)23-15-9-10-22-26(15)13-3-1-2-4-13/h5-10,13,18H,1-4,11H2,(H,23,27). The van der Waals surface area contributed by atoms with E-state index in [4.69, 9.17) is 4.42 Å². The third kappa shape index (κ3) is 4.96. The van der Waals surface area contributed by atoms with Crippen molar-refractivity contribution in [1.29, 1.82) is 0 Å². The highest BCUT2D eigenvalue weighted by Gasteiger charge is 2.21. The number of aromatic nitrogens is 4. The lowest BCUT2D eigenvalue weighted by Crippen LogP contribution is -2.19. The molecule has 1 aromatic carbocycles. The Bertz CT molecular complexity index is 986. The Morgan fingerprint density at radius 1 is 1.23 bits per heavy atom. The van der Waals surface area contributed by atoms with Gasteiger partial charge in [-0.1, -0.05) is 24.6 Å². The van der Waals surface area contributed by atoms with Crippen molar-refractivity contribution in [3.8, 4) is 17.2 Å². The van der Waals surface area contributed by atoms with Crippen molar-refractivity contribution in [2.24, 2.45) is 0 Å². The summed E-state index contributed by atoms with van der Waals surface area (Å²) in [6, 6.07) is 7.97. The van der Waals surface area contributed by atoms with Gasteiger partial charge < -0.3 is 14.5 Å². The maximum Gasteiger partial charge on any atom is 0.387 e. The van der Waals surface area contributed by atoms with Gasteiger partial charge in [0.1, 0.15) is 11.6 Å². The van der Waals surface area contributed by atoms with Gasteiger partial charge in [-0.3, -0.25) is 4.79 Å². The van der Waals surface area contributed by atoms with Gasteiger partial charge in [-0.05, 0) is 37.1 Å². The second-order valence-electron chi connectivity index (χ2n) is 6.71. The summed E-state index contributed by atoms with van der Waals surface area (Å²) in [6.07, 6.45) is 6.17. The first-order valence-corrected chi connectivity index (χ1v) is 10.4. The first kappa shape index (κ1) is 20.3. The summed E-state index contributed by atoms with van der Waals surface area (Å²) in [5.41, 5.74) is 0.556. The highest BCUT2D eigenvalue weighted by molar-refractivity contribution is 7.99. The molecule has 0 aliphatic heterocycles. The van der Waals surface area contributed by atoms with E-state index in [1.54, 1.807) is 12.3 Å². The van der Waals surface area contributed by atoms with Crippen LogP contribution < -0.4 is 10.1 Å². The number of thioether (sulfide) groups is 1. The highest BCUT2D eigenvalue weighted by Crippen LogP contribution is 2.31. The minimum Gasteiger partial charge on any atom is -0.435 e. The number of ether oxygens (including phenoxy) is 1. The van der Waals surface area contributed by atoms with Gasteiger partial charge in [-0.15, -0.1) is 10.2 Å². The second kappa shape index (κ2) is 9.24.